The van der Waals surface area contributed by atoms with Gasteiger partial charge in [-0.1, -0.05) is 6.07 Å². The SMILES string of the molecule is Cc1ccc(S(N)(=O)=O)cc1NS(=O)(=O)N1CCOCC1. The van der Waals surface area contributed by atoms with Crippen LogP contribution in [0, 0.1) is 6.92 Å². The van der Waals surface area contributed by atoms with Gasteiger partial charge in [0.25, 0.3) is 0 Å². The molecule has 0 saturated carbocycles. The number of sulfonamides is 1. The van der Waals surface area contributed by atoms with E-state index >= 15 is 0 Å². The molecular weight excluding hydrogens is 318 g/mol. The van der Waals surface area contributed by atoms with Crippen LogP contribution in [-0.4, -0.2) is 47.4 Å². The van der Waals surface area contributed by atoms with E-state index in [1.54, 1.807) is 6.92 Å². The van der Waals surface area contributed by atoms with E-state index in [9.17, 15) is 16.8 Å². The van der Waals surface area contributed by atoms with Gasteiger partial charge in [0.2, 0.25) is 10.0 Å². The Morgan fingerprint density at radius 2 is 1.81 bits per heavy atom. The van der Waals surface area contributed by atoms with E-state index in [1.807, 2.05) is 0 Å². The smallest absolute Gasteiger partial charge is 0.301 e. The van der Waals surface area contributed by atoms with Gasteiger partial charge in [-0.15, -0.1) is 0 Å². The summed E-state index contributed by atoms with van der Waals surface area (Å²) in [7, 11) is -7.64. The Balaban J connectivity index is 2.30. The molecule has 8 nitrogen and oxygen atoms in total. The van der Waals surface area contributed by atoms with Crippen molar-refractivity contribution in [3.05, 3.63) is 23.8 Å². The van der Waals surface area contributed by atoms with Crippen LogP contribution < -0.4 is 9.86 Å². The molecule has 0 bridgehead atoms. The van der Waals surface area contributed by atoms with E-state index in [1.165, 1.54) is 22.5 Å². The number of nitrogens with one attached hydrogen (secondary N) is 1. The number of ether oxygens (including phenoxy) is 1. The molecule has 0 unspecified atom stereocenters. The molecule has 0 atom stereocenters. The highest BCUT2D eigenvalue weighted by molar-refractivity contribution is 7.90. The molecule has 0 radical (unpaired) electrons. The van der Waals surface area contributed by atoms with Gasteiger partial charge < -0.3 is 4.74 Å². The van der Waals surface area contributed by atoms with Gasteiger partial charge in [-0.25, -0.2) is 13.6 Å². The Bertz CT molecular complexity index is 724. The van der Waals surface area contributed by atoms with Crippen LogP contribution in [0.5, 0.6) is 0 Å². The van der Waals surface area contributed by atoms with Crippen LogP contribution in [0.25, 0.3) is 0 Å². The van der Waals surface area contributed by atoms with Gasteiger partial charge in [0.15, 0.2) is 0 Å². The standard InChI is InChI=1S/C11H17N3O5S2/c1-9-2-3-10(20(12,15)16)8-11(9)13-21(17,18)14-4-6-19-7-5-14/h2-3,8,13H,4-7H2,1H3,(H2,12,15,16). The number of morpholine rings is 1. The van der Waals surface area contributed by atoms with Crippen molar-refractivity contribution in [2.75, 3.05) is 31.0 Å². The molecule has 1 aliphatic heterocycles. The third-order valence-electron chi connectivity index (χ3n) is 3.09. The second kappa shape index (κ2) is 5.89. The molecule has 1 heterocycles. The molecule has 0 amide bonds. The minimum Gasteiger partial charge on any atom is -0.379 e. The van der Waals surface area contributed by atoms with E-state index in [0.29, 0.717) is 18.8 Å². The zero-order valence-electron chi connectivity index (χ0n) is 11.4. The van der Waals surface area contributed by atoms with Crippen LogP contribution in [0.3, 0.4) is 0 Å². The number of anilines is 1. The highest BCUT2D eigenvalue weighted by Crippen LogP contribution is 2.21. The first-order valence-corrected chi connectivity index (χ1v) is 9.18. The first-order valence-electron chi connectivity index (χ1n) is 6.19. The molecule has 10 heteroatoms. The molecule has 1 aliphatic rings. The van der Waals surface area contributed by atoms with E-state index in [2.05, 4.69) is 4.72 Å². The van der Waals surface area contributed by atoms with Crippen molar-refractivity contribution in [1.82, 2.24) is 4.31 Å². The number of nitrogens with zero attached hydrogens (tertiary/aromatic N) is 1. The molecular formula is C11H17N3O5S2. The van der Waals surface area contributed by atoms with Crippen molar-refractivity contribution < 1.29 is 21.6 Å². The van der Waals surface area contributed by atoms with Crippen LogP contribution in [0.15, 0.2) is 23.1 Å². The molecule has 1 saturated heterocycles. The van der Waals surface area contributed by atoms with Crippen molar-refractivity contribution in [3.63, 3.8) is 0 Å². The fraction of sp³-hybridized carbons (Fsp3) is 0.455. The van der Waals surface area contributed by atoms with Gasteiger partial charge in [-0.2, -0.15) is 12.7 Å². The second-order valence-corrected chi connectivity index (χ2v) is 7.87. The summed E-state index contributed by atoms with van der Waals surface area (Å²) < 4.78 is 55.9. The molecule has 1 fully saturated rings. The number of aryl methyl sites for hydroxylation is 1. The zero-order chi connectivity index (χ0) is 15.7. The molecule has 2 rings (SSSR count). The Morgan fingerprint density at radius 1 is 1.19 bits per heavy atom. The Labute approximate surface area is 124 Å². The molecule has 0 spiro atoms. The maximum atomic E-state index is 12.2. The normalized spacial score (nSPS) is 17.6. The highest BCUT2D eigenvalue weighted by Gasteiger charge is 2.25. The summed E-state index contributed by atoms with van der Waals surface area (Å²) in [4.78, 5) is -0.146. The number of nitrogens with two attached hydrogens (primary N) is 1. The molecule has 1 aromatic rings. The molecule has 1 aromatic carbocycles. The van der Waals surface area contributed by atoms with Gasteiger partial charge in [-0.05, 0) is 24.6 Å². The maximum absolute atomic E-state index is 12.2. The van der Waals surface area contributed by atoms with E-state index < -0.39 is 20.2 Å². The average molecular weight is 335 g/mol. The van der Waals surface area contributed by atoms with E-state index in [4.69, 9.17) is 9.88 Å². The largest absolute Gasteiger partial charge is 0.379 e. The lowest BCUT2D eigenvalue weighted by atomic mass is 10.2. The predicted octanol–water partition coefficient (Wildman–Crippen LogP) is -0.369. The lowest BCUT2D eigenvalue weighted by Crippen LogP contribution is -2.43. The van der Waals surface area contributed by atoms with Crippen LogP contribution in [-0.2, 0) is 25.0 Å². The summed E-state index contributed by atoms with van der Waals surface area (Å²) >= 11 is 0. The molecule has 3 N–H and O–H groups in total. The quantitative estimate of drug-likeness (QED) is 0.778. The average Bonchev–Trinajstić information content (AvgIpc) is 2.41. The fourth-order valence-electron chi connectivity index (χ4n) is 1.88. The van der Waals surface area contributed by atoms with Crippen LogP contribution in [0.1, 0.15) is 5.56 Å². The third kappa shape index (κ3) is 3.92. The maximum Gasteiger partial charge on any atom is 0.301 e. The number of rotatable bonds is 4. The van der Waals surface area contributed by atoms with Crippen molar-refractivity contribution in [3.8, 4) is 0 Å². The first-order chi connectivity index (χ1) is 9.70. The minimum absolute atomic E-state index is 0.146. The molecule has 0 aromatic heterocycles. The number of primary sulfonamides is 1. The van der Waals surface area contributed by atoms with Crippen molar-refractivity contribution in [1.29, 1.82) is 0 Å². The lowest BCUT2D eigenvalue weighted by Gasteiger charge is -2.26. The van der Waals surface area contributed by atoms with Crippen LogP contribution in [0.2, 0.25) is 0 Å². The van der Waals surface area contributed by atoms with Crippen LogP contribution >= 0.6 is 0 Å². The van der Waals surface area contributed by atoms with Crippen molar-refractivity contribution in [2.45, 2.75) is 11.8 Å². The summed E-state index contributed by atoms with van der Waals surface area (Å²) in [6, 6.07) is 4.04. The summed E-state index contributed by atoms with van der Waals surface area (Å²) in [5.74, 6) is 0. The Morgan fingerprint density at radius 3 is 2.38 bits per heavy atom. The molecule has 21 heavy (non-hydrogen) atoms. The summed E-state index contributed by atoms with van der Waals surface area (Å²) in [5, 5.41) is 5.05. The minimum atomic E-state index is -3.89. The predicted molar refractivity (Wildman–Crippen MR) is 77.5 cm³/mol. The summed E-state index contributed by atoms with van der Waals surface area (Å²) in [6.45, 7) is 2.84. The Hall–Kier alpha value is -1.20. The third-order valence-corrected chi connectivity index (χ3v) is 5.52. The highest BCUT2D eigenvalue weighted by atomic mass is 32.2. The number of benzene rings is 1. The van der Waals surface area contributed by atoms with Crippen molar-refractivity contribution in [2.24, 2.45) is 5.14 Å². The fourth-order valence-corrected chi connectivity index (χ4v) is 3.68. The lowest BCUT2D eigenvalue weighted by molar-refractivity contribution is 0.0733. The number of hydrogen-bond acceptors (Lipinski definition) is 5. The van der Waals surface area contributed by atoms with Gasteiger partial charge in [0.1, 0.15) is 0 Å². The second-order valence-electron chi connectivity index (χ2n) is 4.64. The first kappa shape index (κ1) is 16.2. The van der Waals surface area contributed by atoms with E-state index in [-0.39, 0.29) is 23.7 Å². The van der Waals surface area contributed by atoms with E-state index in [0.717, 1.165) is 0 Å². The molecule has 0 aliphatic carbocycles. The summed E-state index contributed by atoms with van der Waals surface area (Å²) in [5.41, 5.74) is 0.784. The monoisotopic (exact) mass is 335 g/mol. The van der Waals surface area contributed by atoms with Gasteiger partial charge in [-0.3, -0.25) is 4.72 Å². The van der Waals surface area contributed by atoms with Gasteiger partial charge in [0, 0.05) is 13.1 Å². The topological polar surface area (TPSA) is 119 Å². The zero-order valence-corrected chi connectivity index (χ0v) is 13.1. The van der Waals surface area contributed by atoms with Gasteiger partial charge >= 0.3 is 10.2 Å². The Kier molecular flexibility index (Phi) is 4.54. The van der Waals surface area contributed by atoms with Crippen LogP contribution in [0.4, 0.5) is 5.69 Å². The number of hydrogen-bond donors (Lipinski definition) is 2. The molecule has 118 valence electrons. The van der Waals surface area contributed by atoms with Gasteiger partial charge in [0.05, 0.1) is 23.8 Å². The summed E-state index contributed by atoms with van der Waals surface area (Å²) in [6.07, 6.45) is 0. The van der Waals surface area contributed by atoms with Crippen molar-refractivity contribution >= 4 is 25.9 Å².